The van der Waals surface area contributed by atoms with Crippen molar-refractivity contribution in [3.8, 4) is 16.9 Å². The van der Waals surface area contributed by atoms with Crippen LogP contribution >= 0.6 is 0 Å². The topological polar surface area (TPSA) is 59.1 Å². The molecule has 32 heavy (non-hydrogen) atoms. The van der Waals surface area contributed by atoms with Crippen LogP contribution in [0.15, 0.2) is 42.5 Å². The lowest BCUT2D eigenvalue weighted by atomic mass is 9.84. The van der Waals surface area contributed by atoms with Crippen LogP contribution in [0.3, 0.4) is 0 Å². The first-order valence-electron chi connectivity index (χ1n) is 11.5. The molecule has 2 amide bonds. The van der Waals surface area contributed by atoms with Gasteiger partial charge < -0.3 is 19.3 Å². The van der Waals surface area contributed by atoms with Gasteiger partial charge in [-0.25, -0.2) is 0 Å². The predicted octanol–water partition coefficient (Wildman–Crippen LogP) is 4.08. The van der Waals surface area contributed by atoms with E-state index in [-0.39, 0.29) is 11.8 Å². The Morgan fingerprint density at radius 1 is 1.00 bits per heavy atom. The molecule has 6 heteroatoms. The number of likely N-dealkylation sites (tertiary alicyclic amines) is 1. The van der Waals surface area contributed by atoms with E-state index in [1.165, 1.54) is 6.42 Å². The lowest BCUT2D eigenvalue weighted by molar-refractivity contribution is -0.228. The Labute approximate surface area is 189 Å². The van der Waals surface area contributed by atoms with Crippen LogP contribution < -0.4 is 4.74 Å². The highest BCUT2D eigenvalue weighted by Gasteiger charge is 2.43. The number of hydrogen-bond acceptors (Lipinski definition) is 4. The van der Waals surface area contributed by atoms with Crippen molar-refractivity contribution in [3.05, 3.63) is 53.6 Å². The summed E-state index contributed by atoms with van der Waals surface area (Å²) in [4.78, 5) is 28.2. The third-order valence-corrected chi connectivity index (χ3v) is 7.01. The number of carbonyl (C=O) groups is 2. The van der Waals surface area contributed by atoms with E-state index in [4.69, 9.17) is 9.47 Å². The van der Waals surface area contributed by atoms with Crippen molar-refractivity contribution >= 4 is 11.8 Å². The van der Waals surface area contributed by atoms with Gasteiger partial charge in [0.1, 0.15) is 5.75 Å². The average molecular weight is 435 g/mol. The van der Waals surface area contributed by atoms with E-state index in [2.05, 4.69) is 12.1 Å². The molecule has 1 spiro atoms. The van der Waals surface area contributed by atoms with Crippen molar-refractivity contribution in [1.29, 1.82) is 0 Å². The molecule has 2 fully saturated rings. The maximum Gasteiger partial charge on any atom is 0.253 e. The molecule has 3 aliphatic rings. The largest absolute Gasteiger partial charge is 0.462 e. The van der Waals surface area contributed by atoms with Crippen LogP contribution in [-0.2, 0) is 16.1 Å². The summed E-state index contributed by atoms with van der Waals surface area (Å²) in [7, 11) is 3.51. The summed E-state index contributed by atoms with van der Waals surface area (Å²) in [6.07, 6.45) is 4.66. The van der Waals surface area contributed by atoms with Crippen molar-refractivity contribution in [2.75, 3.05) is 27.2 Å². The molecule has 0 aromatic heterocycles. The van der Waals surface area contributed by atoms with Gasteiger partial charge in [-0.05, 0) is 48.2 Å². The SMILES string of the molecule is CN(C)C(=O)c1ccc(-c2ccc3c(c2)COC2(CCN(C(=O)C4CCC4)CC2)O3)cc1. The van der Waals surface area contributed by atoms with Crippen LogP contribution in [0.4, 0.5) is 0 Å². The molecule has 2 aromatic rings. The van der Waals surface area contributed by atoms with Crippen molar-refractivity contribution in [1.82, 2.24) is 9.80 Å². The molecule has 0 radical (unpaired) electrons. The van der Waals surface area contributed by atoms with E-state index >= 15 is 0 Å². The summed E-state index contributed by atoms with van der Waals surface area (Å²) < 4.78 is 12.6. The minimum atomic E-state index is -0.626. The molecule has 2 aromatic carbocycles. The number of piperidine rings is 1. The molecule has 2 heterocycles. The van der Waals surface area contributed by atoms with Crippen LogP contribution in [0.2, 0.25) is 0 Å². The molecular weight excluding hydrogens is 404 g/mol. The number of ether oxygens (including phenoxy) is 2. The molecule has 168 valence electrons. The lowest BCUT2D eigenvalue weighted by Gasteiger charge is -2.45. The van der Waals surface area contributed by atoms with E-state index in [9.17, 15) is 9.59 Å². The highest BCUT2D eigenvalue weighted by atomic mass is 16.7. The van der Waals surface area contributed by atoms with Crippen LogP contribution in [-0.4, -0.2) is 54.6 Å². The molecule has 1 saturated carbocycles. The highest BCUT2D eigenvalue weighted by Crippen LogP contribution is 2.40. The Morgan fingerprint density at radius 3 is 2.31 bits per heavy atom. The third-order valence-electron chi connectivity index (χ3n) is 7.01. The maximum atomic E-state index is 12.5. The first-order chi connectivity index (χ1) is 15.4. The summed E-state index contributed by atoms with van der Waals surface area (Å²) in [6, 6.07) is 13.8. The van der Waals surface area contributed by atoms with Crippen LogP contribution in [0.1, 0.15) is 48.0 Å². The van der Waals surface area contributed by atoms with Crippen molar-refractivity contribution in [3.63, 3.8) is 0 Å². The quantitative estimate of drug-likeness (QED) is 0.730. The monoisotopic (exact) mass is 434 g/mol. The Hall–Kier alpha value is -2.86. The van der Waals surface area contributed by atoms with E-state index in [0.717, 1.165) is 35.3 Å². The van der Waals surface area contributed by atoms with Crippen molar-refractivity contribution in [2.45, 2.75) is 44.5 Å². The smallest absolute Gasteiger partial charge is 0.253 e. The minimum absolute atomic E-state index is 0.00507. The number of fused-ring (bicyclic) bond motifs is 1. The Kier molecular flexibility index (Phi) is 5.41. The van der Waals surface area contributed by atoms with Crippen LogP contribution in [0.25, 0.3) is 11.1 Å². The maximum absolute atomic E-state index is 12.5. The van der Waals surface area contributed by atoms with E-state index < -0.39 is 5.79 Å². The van der Waals surface area contributed by atoms with Gasteiger partial charge in [-0.15, -0.1) is 0 Å². The molecular formula is C26H30N2O4. The lowest BCUT2D eigenvalue weighted by Crippen LogP contribution is -2.53. The third kappa shape index (κ3) is 3.88. The highest BCUT2D eigenvalue weighted by molar-refractivity contribution is 5.94. The zero-order valence-corrected chi connectivity index (χ0v) is 18.8. The van der Waals surface area contributed by atoms with Crippen LogP contribution in [0.5, 0.6) is 5.75 Å². The van der Waals surface area contributed by atoms with Gasteiger partial charge in [0, 0.05) is 57.1 Å². The number of benzene rings is 2. The Bertz CT molecular complexity index is 1020. The summed E-state index contributed by atoms with van der Waals surface area (Å²) in [5, 5.41) is 0. The fourth-order valence-electron chi connectivity index (χ4n) is 4.70. The van der Waals surface area contributed by atoms with Gasteiger partial charge in [0.05, 0.1) is 6.61 Å². The second kappa shape index (κ2) is 8.24. The fourth-order valence-corrected chi connectivity index (χ4v) is 4.70. The van der Waals surface area contributed by atoms with Gasteiger partial charge in [0.25, 0.3) is 5.91 Å². The van der Waals surface area contributed by atoms with Gasteiger partial charge in [-0.3, -0.25) is 9.59 Å². The summed E-state index contributed by atoms with van der Waals surface area (Å²) in [6.45, 7) is 1.89. The molecule has 2 aliphatic heterocycles. The number of hydrogen-bond donors (Lipinski definition) is 0. The van der Waals surface area contributed by atoms with Gasteiger partial charge in [-0.2, -0.15) is 0 Å². The Morgan fingerprint density at radius 2 is 1.69 bits per heavy atom. The second-order valence-corrected chi connectivity index (χ2v) is 9.35. The average Bonchev–Trinajstić information content (AvgIpc) is 2.77. The first-order valence-corrected chi connectivity index (χ1v) is 11.5. The number of rotatable bonds is 3. The Balaban J connectivity index is 1.26. The van der Waals surface area contributed by atoms with Gasteiger partial charge in [0.15, 0.2) is 0 Å². The summed E-state index contributed by atoms with van der Waals surface area (Å²) in [5.41, 5.74) is 3.81. The second-order valence-electron chi connectivity index (χ2n) is 9.35. The first kappa shape index (κ1) is 21.0. The van der Waals surface area contributed by atoms with Crippen molar-refractivity contribution in [2.24, 2.45) is 5.92 Å². The van der Waals surface area contributed by atoms with E-state index in [0.29, 0.717) is 44.0 Å². The predicted molar refractivity (Wildman–Crippen MR) is 121 cm³/mol. The molecule has 1 aliphatic carbocycles. The molecule has 0 N–H and O–H groups in total. The van der Waals surface area contributed by atoms with Gasteiger partial charge >= 0.3 is 0 Å². The molecule has 1 saturated heterocycles. The van der Waals surface area contributed by atoms with Crippen LogP contribution in [0, 0.1) is 5.92 Å². The van der Waals surface area contributed by atoms with Gasteiger partial charge in [-0.1, -0.05) is 24.6 Å². The van der Waals surface area contributed by atoms with Crippen molar-refractivity contribution < 1.29 is 19.1 Å². The molecule has 0 unspecified atom stereocenters. The van der Waals surface area contributed by atoms with E-state index in [1.807, 2.05) is 35.2 Å². The van der Waals surface area contributed by atoms with E-state index in [1.54, 1.807) is 19.0 Å². The number of nitrogens with zero attached hydrogens (tertiary/aromatic N) is 2. The fraction of sp³-hybridized carbons (Fsp3) is 0.462. The molecule has 5 rings (SSSR count). The number of amides is 2. The number of carbonyl (C=O) groups excluding carboxylic acids is 2. The molecule has 0 atom stereocenters. The standard InChI is InChI=1S/C26H30N2O4/c1-27(2)24(29)20-8-6-18(7-9-20)21-10-11-23-22(16-21)17-31-26(32-23)12-14-28(15-13-26)25(30)19-4-3-5-19/h6-11,16,19H,3-5,12-15,17H2,1-2H3. The molecule has 6 nitrogen and oxygen atoms in total. The minimum Gasteiger partial charge on any atom is -0.462 e. The zero-order chi connectivity index (χ0) is 22.3. The summed E-state index contributed by atoms with van der Waals surface area (Å²) in [5.74, 6) is 0.781. The molecule has 0 bridgehead atoms. The zero-order valence-electron chi connectivity index (χ0n) is 18.8. The summed E-state index contributed by atoms with van der Waals surface area (Å²) >= 11 is 0. The van der Waals surface area contributed by atoms with Gasteiger partial charge in [0.2, 0.25) is 11.7 Å². The normalized spacial score (nSPS) is 19.6.